The molecule has 0 saturated heterocycles. The molecule has 2 heteroatoms. The lowest BCUT2D eigenvalue weighted by Gasteiger charge is -2.28. The van der Waals surface area contributed by atoms with Crippen LogP contribution in [0.2, 0.25) is 0 Å². The summed E-state index contributed by atoms with van der Waals surface area (Å²) in [6.07, 6.45) is 8.46. The molecule has 1 saturated carbocycles. The van der Waals surface area contributed by atoms with E-state index >= 15 is 0 Å². The van der Waals surface area contributed by atoms with E-state index in [0.717, 1.165) is 35.6 Å². The second-order valence-electron chi connectivity index (χ2n) is 6.43. The topological polar surface area (TPSA) is 26.3 Å². The molecule has 116 valence electrons. The second-order valence-corrected chi connectivity index (χ2v) is 6.43. The van der Waals surface area contributed by atoms with E-state index in [1.54, 1.807) is 7.11 Å². The van der Waals surface area contributed by atoms with Crippen molar-refractivity contribution in [3.05, 3.63) is 29.3 Å². The summed E-state index contributed by atoms with van der Waals surface area (Å²) in [6, 6.07) is 5.89. The first-order valence-electron chi connectivity index (χ1n) is 8.34. The van der Waals surface area contributed by atoms with Crippen LogP contribution in [0.25, 0.3) is 0 Å². The lowest BCUT2D eigenvalue weighted by Crippen LogP contribution is -2.22. The standard InChI is InChI=1S/C19H28O2/c1-4-5-6-15-8-10-16(11-9-15)19(20)17-13-14(2)7-12-18(17)21-3/h7,12-13,15-16H,4-6,8-11H2,1-3H3. The van der Waals surface area contributed by atoms with Crippen LogP contribution >= 0.6 is 0 Å². The van der Waals surface area contributed by atoms with E-state index in [0.29, 0.717) is 0 Å². The normalized spacial score (nSPS) is 22.0. The number of ether oxygens (including phenoxy) is 1. The highest BCUT2D eigenvalue weighted by atomic mass is 16.5. The highest BCUT2D eigenvalue weighted by Gasteiger charge is 2.28. The number of rotatable bonds is 6. The molecule has 21 heavy (non-hydrogen) atoms. The molecule has 1 fully saturated rings. The largest absolute Gasteiger partial charge is 0.496 e. The molecule has 0 atom stereocenters. The van der Waals surface area contributed by atoms with Gasteiger partial charge in [-0.1, -0.05) is 37.8 Å². The van der Waals surface area contributed by atoms with Crippen LogP contribution in [0.15, 0.2) is 18.2 Å². The molecule has 0 radical (unpaired) electrons. The third-order valence-electron chi connectivity index (χ3n) is 4.80. The minimum Gasteiger partial charge on any atom is -0.496 e. The average Bonchev–Trinajstić information content (AvgIpc) is 2.52. The number of methoxy groups -OCH3 is 1. The van der Waals surface area contributed by atoms with E-state index in [2.05, 4.69) is 6.92 Å². The van der Waals surface area contributed by atoms with Crippen molar-refractivity contribution in [2.45, 2.75) is 58.8 Å². The lowest BCUT2D eigenvalue weighted by molar-refractivity contribution is 0.0866. The van der Waals surface area contributed by atoms with Gasteiger partial charge >= 0.3 is 0 Å². The van der Waals surface area contributed by atoms with Crippen LogP contribution in [0.4, 0.5) is 0 Å². The maximum absolute atomic E-state index is 12.8. The first kappa shape index (κ1) is 16.1. The Labute approximate surface area is 128 Å². The molecule has 0 amide bonds. The molecule has 0 unspecified atom stereocenters. The fraction of sp³-hybridized carbons (Fsp3) is 0.632. The van der Waals surface area contributed by atoms with Crippen LogP contribution in [0.3, 0.4) is 0 Å². The molecular weight excluding hydrogens is 260 g/mol. The molecule has 0 bridgehead atoms. The summed E-state index contributed by atoms with van der Waals surface area (Å²) in [5.74, 6) is 2.04. The van der Waals surface area contributed by atoms with Crippen LogP contribution in [0.5, 0.6) is 5.75 Å². The molecule has 0 spiro atoms. The summed E-state index contributed by atoms with van der Waals surface area (Å²) in [5, 5.41) is 0. The highest BCUT2D eigenvalue weighted by Crippen LogP contribution is 2.35. The zero-order valence-corrected chi connectivity index (χ0v) is 13.7. The lowest BCUT2D eigenvalue weighted by atomic mass is 9.77. The molecule has 0 aromatic heterocycles. The number of carbonyl (C=O) groups excluding carboxylic acids is 1. The van der Waals surface area contributed by atoms with Gasteiger partial charge in [0.15, 0.2) is 5.78 Å². The minimum absolute atomic E-state index is 0.193. The molecule has 2 nitrogen and oxygen atoms in total. The molecule has 1 aliphatic carbocycles. The van der Waals surface area contributed by atoms with Gasteiger partial charge in [0.25, 0.3) is 0 Å². The second kappa shape index (κ2) is 7.63. The number of aryl methyl sites for hydroxylation is 1. The number of ketones is 1. The van der Waals surface area contributed by atoms with Crippen molar-refractivity contribution in [2.24, 2.45) is 11.8 Å². The summed E-state index contributed by atoms with van der Waals surface area (Å²) >= 11 is 0. The Balaban J connectivity index is 2.00. The molecule has 1 aromatic rings. The maximum Gasteiger partial charge on any atom is 0.169 e. The van der Waals surface area contributed by atoms with Crippen molar-refractivity contribution in [1.29, 1.82) is 0 Å². The van der Waals surface area contributed by atoms with E-state index in [9.17, 15) is 4.79 Å². The van der Waals surface area contributed by atoms with E-state index in [1.807, 2.05) is 25.1 Å². The number of carbonyl (C=O) groups is 1. The fourth-order valence-corrected chi connectivity index (χ4v) is 3.44. The Hall–Kier alpha value is -1.31. The molecule has 0 heterocycles. The zero-order valence-electron chi connectivity index (χ0n) is 13.7. The van der Waals surface area contributed by atoms with E-state index in [-0.39, 0.29) is 11.7 Å². The third-order valence-corrected chi connectivity index (χ3v) is 4.80. The van der Waals surface area contributed by atoms with Gasteiger partial charge in [0.1, 0.15) is 5.75 Å². The van der Waals surface area contributed by atoms with Crippen LogP contribution < -0.4 is 4.74 Å². The van der Waals surface area contributed by atoms with Crippen molar-refractivity contribution in [2.75, 3.05) is 7.11 Å². The van der Waals surface area contributed by atoms with Crippen molar-refractivity contribution < 1.29 is 9.53 Å². The predicted octanol–water partition coefficient (Wildman–Crippen LogP) is 5.18. The fourth-order valence-electron chi connectivity index (χ4n) is 3.44. The third kappa shape index (κ3) is 4.09. The van der Waals surface area contributed by atoms with Crippen LogP contribution in [0.1, 0.15) is 67.8 Å². The van der Waals surface area contributed by atoms with E-state index in [4.69, 9.17) is 4.74 Å². The smallest absolute Gasteiger partial charge is 0.169 e. The Morgan fingerprint density at radius 2 is 1.95 bits per heavy atom. The summed E-state index contributed by atoms with van der Waals surface area (Å²) < 4.78 is 5.37. The molecule has 2 rings (SSSR count). The Kier molecular flexibility index (Phi) is 5.84. The first-order chi connectivity index (χ1) is 10.2. The summed E-state index contributed by atoms with van der Waals surface area (Å²) in [4.78, 5) is 12.8. The predicted molar refractivity (Wildman–Crippen MR) is 87.0 cm³/mol. The van der Waals surface area contributed by atoms with Crippen molar-refractivity contribution in [1.82, 2.24) is 0 Å². The first-order valence-corrected chi connectivity index (χ1v) is 8.34. The van der Waals surface area contributed by atoms with Gasteiger partial charge in [0.05, 0.1) is 12.7 Å². The number of hydrogen-bond acceptors (Lipinski definition) is 2. The van der Waals surface area contributed by atoms with Crippen molar-refractivity contribution in [3.63, 3.8) is 0 Å². The number of hydrogen-bond donors (Lipinski definition) is 0. The van der Waals surface area contributed by atoms with Crippen molar-refractivity contribution in [3.8, 4) is 5.75 Å². The van der Waals surface area contributed by atoms with Gasteiger partial charge in [-0.2, -0.15) is 0 Å². The SMILES string of the molecule is CCCCC1CCC(C(=O)c2cc(C)ccc2OC)CC1. The van der Waals surface area contributed by atoms with Crippen LogP contribution in [-0.4, -0.2) is 12.9 Å². The van der Waals surface area contributed by atoms with E-state index < -0.39 is 0 Å². The Morgan fingerprint density at radius 1 is 1.24 bits per heavy atom. The number of Topliss-reactive ketones (excluding diaryl/α,β-unsaturated/α-hetero) is 1. The number of benzene rings is 1. The monoisotopic (exact) mass is 288 g/mol. The maximum atomic E-state index is 12.8. The molecule has 1 aliphatic rings. The van der Waals surface area contributed by atoms with Gasteiger partial charge in [-0.15, -0.1) is 0 Å². The zero-order chi connectivity index (χ0) is 15.2. The Bertz CT molecular complexity index is 470. The van der Waals surface area contributed by atoms with Crippen LogP contribution in [0, 0.1) is 18.8 Å². The average molecular weight is 288 g/mol. The quantitative estimate of drug-likeness (QED) is 0.674. The van der Waals surface area contributed by atoms with Crippen molar-refractivity contribution >= 4 is 5.78 Å². The summed E-state index contributed by atoms with van der Waals surface area (Å²) in [7, 11) is 1.64. The Morgan fingerprint density at radius 3 is 2.57 bits per heavy atom. The van der Waals surface area contributed by atoms with Gasteiger partial charge in [0, 0.05) is 5.92 Å². The van der Waals surface area contributed by atoms with Crippen LogP contribution in [-0.2, 0) is 0 Å². The van der Waals surface area contributed by atoms with Gasteiger partial charge in [0.2, 0.25) is 0 Å². The van der Waals surface area contributed by atoms with Gasteiger partial charge < -0.3 is 4.74 Å². The summed E-state index contributed by atoms with van der Waals surface area (Å²) in [5.41, 5.74) is 1.89. The van der Waals surface area contributed by atoms with Gasteiger partial charge in [-0.3, -0.25) is 4.79 Å². The minimum atomic E-state index is 0.193. The highest BCUT2D eigenvalue weighted by molar-refractivity contribution is 6.00. The molecular formula is C19H28O2. The molecule has 0 N–H and O–H groups in total. The number of unbranched alkanes of at least 4 members (excludes halogenated alkanes) is 1. The molecule has 0 aliphatic heterocycles. The summed E-state index contributed by atoms with van der Waals surface area (Å²) in [6.45, 7) is 4.27. The van der Waals surface area contributed by atoms with E-state index in [1.165, 1.54) is 32.1 Å². The van der Waals surface area contributed by atoms with Gasteiger partial charge in [-0.25, -0.2) is 0 Å². The molecule has 1 aromatic carbocycles. The van der Waals surface area contributed by atoms with Gasteiger partial charge in [-0.05, 0) is 50.7 Å².